The molecule has 14 heavy (non-hydrogen) atoms. The second-order valence-electron chi connectivity index (χ2n) is 3.49. The van der Waals surface area contributed by atoms with Gasteiger partial charge in [0, 0.05) is 0 Å². The number of aliphatic carboxylic acids is 1. The normalized spacial score (nSPS) is 19.1. The smallest absolute Gasteiger partial charge is 0.319 e. The lowest BCUT2D eigenvalue weighted by atomic mass is 10.1. The van der Waals surface area contributed by atoms with Gasteiger partial charge in [0.15, 0.2) is 0 Å². The van der Waals surface area contributed by atoms with Gasteiger partial charge in [0.1, 0.15) is 5.41 Å². The molecule has 0 radical (unpaired) electrons. The van der Waals surface area contributed by atoms with E-state index in [1.807, 2.05) is 6.92 Å². The lowest BCUT2D eigenvalue weighted by molar-refractivity contribution is -0.149. The van der Waals surface area contributed by atoms with E-state index in [9.17, 15) is 9.59 Å². The first kappa shape index (κ1) is 10.6. The summed E-state index contributed by atoms with van der Waals surface area (Å²) >= 11 is 0. The van der Waals surface area contributed by atoms with E-state index in [-0.39, 0.29) is 6.04 Å². The van der Waals surface area contributed by atoms with Crippen LogP contribution in [-0.2, 0) is 9.59 Å². The van der Waals surface area contributed by atoms with Gasteiger partial charge in [-0.2, -0.15) is 0 Å². The third-order valence-corrected chi connectivity index (χ3v) is 2.51. The molecule has 0 aromatic rings. The van der Waals surface area contributed by atoms with Gasteiger partial charge in [0.05, 0.1) is 6.04 Å². The summed E-state index contributed by atoms with van der Waals surface area (Å²) in [5.74, 6) is 0.893. The minimum absolute atomic E-state index is 0.362. The van der Waals surface area contributed by atoms with Crippen molar-refractivity contribution in [3.8, 4) is 12.3 Å². The summed E-state index contributed by atoms with van der Waals surface area (Å²) in [7, 11) is 0. The number of terminal acetylenes is 1. The predicted octanol–water partition coefficient (Wildman–Crippen LogP) is 0.379. The zero-order valence-corrected chi connectivity index (χ0v) is 8.04. The van der Waals surface area contributed by atoms with Crippen LogP contribution in [0.25, 0.3) is 0 Å². The molecule has 0 heterocycles. The predicted molar refractivity (Wildman–Crippen MR) is 50.4 cm³/mol. The molecule has 0 aromatic carbocycles. The number of rotatable bonds is 4. The number of amides is 1. The molecule has 0 spiro atoms. The second kappa shape index (κ2) is 3.70. The number of hydrogen-bond acceptors (Lipinski definition) is 2. The number of hydrogen-bond donors (Lipinski definition) is 2. The average Bonchev–Trinajstić information content (AvgIpc) is 2.94. The quantitative estimate of drug-likeness (QED) is 0.503. The van der Waals surface area contributed by atoms with E-state index < -0.39 is 17.3 Å². The van der Waals surface area contributed by atoms with Crippen LogP contribution in [-0.4, -0.2) is 23.0 Å². The van der Waals surface area contributed by atoms with E-state index in [2.05, 4.69) is 11.2 Å². The van der Waals surface area contributed by atoms with E-state index in [0.29, 0.717) is 19.3 Å². The largest absolute Gasteiger partial charge is 0.480 e. The van der Waals surface area contributed by atoms with Gasteiger partial charge in [-0.25, -0.2) is 0 Å². The van der Waals surface area contributed by atoms with Crippen molar-refractivity contribution in [1.29, 1.82) is 0 Å². The molecule has 1 aliphatic carbocycles. The molecule has 1 atom stereocenters. The first-order valence-electron chi connectivity index (χ1n) is 4.57. The Kier molecular flexibility index (Phi) is 2.80. The monoisotopic (exact) mass is 195 g/mol. The minimum Gasteiger partial charge on any atom is -0.480 e. The molecular formula is C10H13NO3. The van der Waals surface area contributed by atoms with Gasteiger partial charge in [0.25, 0.3) is 0 Å². The van der Waals surface area contributed by atoms with Crippen molar-refractivity contribution < 1.29 is 14.7 Å². The second-order valence-corrected chi connectivity index (χ2v) is 3.49. The zero-order chi connectivity index (χ0) is 10.8. The van der Waals surface area contributed by atoms with Crippen LogP contribution in [0, 0.1) is 17.8 Å². The highest BCUT2D eigenvalue weighted by Gasteiger charge is 2.57. The first-order valence-corrected chi connectivity index (χ1v) is 4.57. The third kappa shape index (κ3) is 1.72. The van der Waals surface area contributed by atoms with Gasteiger partial charge >= 0.3 is 5.97 Å². The van der Waals surface area contributed by atoms with Gasteiger partial charge in [-0.1, -0.05) is 12.8 Å². The first-order chi connectivity index (χ1) is 6.56. The highest BCUT2D eigenvalue weighted by atomic mass is 16.4. The molecule has 2 N–H and O–H groups in total. The van der Waals surface area contributed by atoms with Crippen molar-refractivity contribution in [2.75, 3.05) is 0 Å². The third-order valence-electron chi connectivity index (χ3n) is 2.51. The van der Waals surface area contributed by atoms with E-state index >= 15 is 0 Å². The van der Waals surface area contributed by atoms with E-state index in [0.717, 1.165) is 0 Å². The van der Waals surface area contributed by atoms with Gasteiger partial charge in [-0.15, -0.1) is 6.42 Å². The standard InChI is InChI=1S/C10H13NO3/c1-3-7(4-2)11-8(12)10(5-6-10)9(13)14/h1,7H,4-6H2,2H3,(H,11,12)(H,13,14). The summed E-state index contributed by atoms with van der Waals surface area (Å²) in [6, 6.07) is -0.362. The maximum atomic E-state index is 11.5. The minimum atomic E-state index is -1.19. The number of carbonyl (C=O) groups is 2. The fraction of sp³-hybridized carbons (Fsp3) is 0.600. The van der Waals surface area contributed by atoms with Gasteiger partial charge < -0.3 is 10.4 Å². The van der Waals surface area contributed by atoms with Gasteiger partial charge in [-0.05, 0) is 19.3 Å². The summed E-state index contributed by atoms with van der Waals surface area (Å²) in [6.45, 7) is 1.84. The number of carboxylic acids is 1. The maximum absolute atomic E-state index is 11.5. The topological polar surface area (TPSA) is 66.4 Å². The molecule has 1 unspecified atom stereocenters. The molecular weight excluding hydrogens is 182 g/mol. The Morgan fingerprint density at radius 3 is 2.50 bits per heavy atom. The maximum Gasteiger partial charge on any atom is 0.319 e. The van der Waals surface area contributed by atoms with E-state index in [1.165, 1.54) is 0 Å². The van der Waals surface area contributed by atoms with Crippen LogP contribution in [0.15, 0.2) is 0 Å². The average molecular weight is 195 g/mol. The molecule has 4 nitrogen and oxygen atoms in total. The van der Waals surface area contributed by atoms with Crippen molar-refractivity contribution in [2.24, 2.45) is 5.41 Å². The van der Waals surface area contributed by atoms with Crippen LogP contribution in [0.3, 0.4) is 0 Å². The van der Waals surface area contributed by atoms with E-state index in [4.69, 9.17) is 11.5 Å². The SMILES string of the molecule is C#CC(CC)NC(=O)C1(C(=O)O)CC1. The fourth-order valence-corrected chi connectivity index (χ4v) is 1.22. The summed E-state index contributed by atoms with van der Waals surface area (Å²) in [4.78, 5) is 22.3. The van der Waals surface area contributed by atoms with Gasteiger partial charge in [-0.3, -0.25) is 9.59 Å². The molecule has 1 rings (SSSR count). The summed E-state index contributed by atoms with van der Waals surface area (Å²) in [5, 5.41) is 11.4. The van der Waals surface area contributed by atoms with Crippen LogP contribution in [0.5, 0.6) is 0 Å². The van der Waals surface area contributed by atoms with Crippen molar-refractivity contribution >= 4 is 11.9 Å². The Morgan fingerprint density at radius 1 is 1.64 bits per heavy atom. The molecule has 1 amide bonds. The molecule has 0 aromatic heterocycles. The summed E-state index contributed by atoms with van der Waals surface area (Å²) in [5.41, 5.74) is -1.19. The zero-order valence-electron chi connectivity index (χ0n) is 8.04. The van der Waals surface area contributed by atoms with Crippen LogP contribution in [0.4, 0.5) is 0 Å². The van der Waals surface area contributed by atoms with Crippen LogP contribution < -0.4 is 5.32 Å². The molecule has 0 saturated heterocycles. The Labute approximate surface area is 82.7 Å². The number of nitrogens with one attached hydrogen (secondary N) is 1. The van der Waals surface area contributed by atoms with Crippen LogP contribution in [0.2, 0.25) is 0 Å². The Hall–Kier alpha value is -1.50. The molecule has 1 saturated carbocycles. The van der Waals surface area contributed by atoms with Gasteiger partial charge in [0.2, 0.25) is 5.91 Å². The van der Waals surface area contributed by atoms with Crippen molar-refractivity contribution in [1.82, 2.24) is 5.32 Å². The highest BCUT2D eigenvalue weighted by molar-refractivity contribution is 6.05. The molecule has 4 heteroatoms. The number of carboxylic acid groups (broad SMARTS) is 1. The molecule has 1 aliphatic rings. The molecule has 0 bridgehead atoms. The molecule has 1 fully saturated rings. The molecule has 76 valence electrons. The Bertz CT molecular complexity index is 299. The Morgan fingerprint density at radius 2 is 2.21 bits per heavy atom. The van der Waals surface area contributed by atoms with E-state index in [1.54, 1.807) is 0 Å². The van der Waals surface area contributed by atoms with Crippen LogP contribution >= 0.6 is 0 Å². The lowest BCUT2D eigenvalue weighted by Gasteiger charge is -2.14. The molecule has 0 aliphatic heterocycles. The summed E-state index contributed by atoms with van der Waals surface area (Å²) < 4.78 is 0. The van der Waals surface area contributed by atoms with Crippen LogP contribution in [0.1, 0.15) is 26.2 Å². The highest BCUT2D eigenvalue weighted by Crippen LogP contribution is 2.46. The summed E-state index contributed by atoms with van der Waals surface area (Å²) in [6.07, 6.45) is 6.59. The van der Waals surface area contributed by atoms with Crippen molar-refractivity contribution in [2.45, 2.75) is 32.2 Å². The number of carbonyl (C=O) groups excluding carboxylic acids is 1. The van der Waals surface area contributed by atoms with Crippen molar-refractivity contribution in [3.63, 3.8) is 0 Å². The lowest BCUT2D eigenvalue weighted by Crippen LogP contribution is -2.42. The fourth-order valence-electron chi connectivity index (χ4n) is 1.22. The van der Waals surface area contributed by atoms with Crippen molar-refractivity contribution in [3.05, 3.63) is 0 Å². The Balaban J connectivity index is 2.60.